The first-order valence-electron chi connectivity index (χ1n) is 9.10. The van der Waals surface area contributed by atoms with Crippen molar-refractivity contribution >= 4 is 23.2 Å². The van der Waals surface area contributed by atoms with Gasteiger partial charge < -0.3 is 5.32 Å². The summed E-state index contributed by atoms with van der Waals surface area (Å²) in [6.07, 6.45) is 2.77. The number of nitrogens with zero attached hydrogens (tertiary/aromatic N) is 4. The van der Waals surface area contributed by atoms with Crippen LogP contribution in [0.2, 0.25) is 0 Å². The minimum absolute atomic E-state index is 0.252. The summed E-state index contributed by atoms with van der Waals surface area (Å²) in [6, 6.07) is 10.1. The van der Waals surface area contributed by atoms with Gasteiger partial charge in [0.25, 0.3) is 5.91 Å². The molecule has 0 spiro atoms. The molecule has 140 valence electrons. The third kappa shape index (κ3) is 4.23. The van der Waals surface area contributed by atoms with Gasteiger partial charge in [-0.3, -0.25) is 10.1 Å². The Morgan fingerprint density at radius 1 is 1.26 bits per heavy atom. The molecular weight excluding hydrogens is 360 g/mol. The van der Waals surface area contributed by atoms with Crippen molar-refractivity contribution in [3.8, 4) is 0 Å². The highest BCUT2D eigenvalue weighted by Gasteiger charge is 2.22. The number of amides is 1. The van der Waals surface area contributed by atoms with E-state index in [4.69, 9.17) is 0 Å². The molecule has 1 aliphatic rings. The molecule has 1 aliphatic heterocycles. The lowest BCUT2D eigenvalue weighted by molar-refractivity contribution is 0.102. The average Bonchev–Trinajstić information content (AvgIpc) is 3.30. The minimum Gasteiger partial charge on any atom is -0.317 e. The van der Waals surface area contributed by atoms with Gasteiger partial charge in [-0.1, -0.05) is 30.3 Å². The van der Waals surface area contributed by atoms with Gasteiger partial charge in [0.1, 0.15) is 5.69 Å². The molecule has 3 aromatic rings. The second-order valence-corrected chi connectivity index (χ2v) is 7.63. The fourth-order valence-corrected chi connectivity index (χ4v) is 4.01. The van der Waals surface area contributed by atoms with Crippen LogP contribution in [0.1, 0.15) is 45.6 Å². The predicted octanol–water partition coefficient (Wildman–Crippen LogP) is 2.58. The Kier molecular flexibility index (Phi) is 5.26. The summed E-state index contributed by atoms with van der Waals surface area (Å²) < 4.78 is 1.63. The van der Waals surface area contributed by atoms with Crippen LogP contribution < -0.4 is 10.6 Å². The molecular formula is C19H22N6OS. The Morgan fingerprint density at radius 2 is 2.04 bits per heavy atom. The lowest BCUT2D eigenvalue weighted by atomic mass is 9.98. The maximum absolute atomic E-state index is 12.6. The second-order valence-electron chi connectivity index (χ2n) is 6.68. The third-order valence-electron chi connectivity index (χ3n) is 4.69. The van der Waals surface area contributed by atoms with E-state index in [2.05, 4.69) is 37.8 Å². The lowest BCUT2D eigenvalue weighted by Crippen LogP contribution is -2.27. The van der Waals surface area contributed by atoms with Crippen molar-refractivity contribution in [3.63, 3.8) is 0 Å². The zero-order valence-electron chi connectivity index (χ0n) is 15.2. The van der Waals surface area contributed by atoms with Gasteiger partial charge in [-0.2, -0.15) is 10.1 Å². The summed E-state index contributed by atoms with van der Waals surface area (Å²) >= 11 is 1.49. The first-order valence-corrected chi connectivity index (χ1v) is 9.98. The van der Waals surface area contributed by atoms with Crippen molar-refractivity contribution in [2.75, 3.05) is 18.4 Å². The number of hydrogen-bond donors (Lipinski definition) is 2. The number of thiazole rings is 1. The Hall–Kier alpha value is -2.58. The Morgan fingerprint density at radius 3 is 2.81 bits per heavy atom. The molecule has 1 amide bonds. The van der Waals surface area contributed by atoms with Gasteiger partial charge in [-0.25, -0.2) is 9.67 Å². The molecule has 0 bridgehead atoms. The molecule has 0 atom stereocenters. The van der Waals surface area contributed by atoms with Crippen LogP contribution in [0, 0.1) is 0 Å². The van der Waals surface area contributed by atoms with Crippen molar-refractivity contribution in [1.29, 1.82) is 0 Å². The summed E-state index contributed by atoms with van der Waals surface area (Å²) in [5, 5.41) is 13.4. The molecule has 4 rings (SSSR count). The first-order chi connectivity index (χ1) is 13.2. The SMILES string of the molecule is Cn1nc(C2CCNCC2)nc1NC(=O)c1csc(Cc2ccccc2)n1. The fourth-order valence-electron chi connectivity index (χ4n) is 3.20. The Bertz CT molecular complexity index is 913. The van der Waals surface area contributed by atoms with Crippen molar-refractivity contribution in [1.82, 2.24) is 25.1 Å². The van der Waals surface area contributed by atoms with Crippen molar-refractivity contribution < 1.29 is 4.79 Å². The molecule has 0 saturated carbocycles. The smallest absolute Gasteiger partial charge is 0.277 e. The van der Waals surface area contributed by atoms with E-state index in [0.29, 0.717) is 17.6 Å². The Labute approximate surface area is 161 Å². The van der Waals surface area contributed by atoms with Gasteiger partial charge >= 0.3 is 0 Å². The first kappa shape index (κ1) is 17.8. The standard InChI is InChI=1S/C19H22N6OS/c1-25-19(22-17(24-25)14-7-9-20-10-8-14)23-18(26)15-12-27-16(21-15)11-13-5-3-2-4-6-13/h2-6,12,14,20H,7-11H2,1H3,(H,22,23,24,26). The number of anilines is 1. The molecule has 8 heteroatoms. The van der Waals surface area contributed by atoms with Crippen LogP contribution in [0.15, 0.2) is 35.7 Å². The normalized spacial score (nSPS) is 15.0. The summed E-state index contributed by atoms with van der Waals surface area (Å²) in [5.74, 6) is 1.36. The van der Waals surface area contributed by atoms with Gasteiger partial charge in [0, 0.05) is 24.8 Å². The van der Waals surface area contributed by atoms with Gasteiger partial charge in [0.2, 0.25) is 5.95 Å². The Balaban J connectivity index is 1.42. The average molecular weight is 382 g/mol. The van der Waals surface area contributed by atoms with E-state index < -0.39 is 0 Å². The minimum atomic E-state index is -0.252. The molecule has 0 unspecified atom stereocenters. The number of carbonyl (C=O) groups is 1. The van der Waals surface area contributed by atoms with Gasteiger partial charge in [-0.15, -0.1) is 11.3 Å². The number of aryl methyl sites for hydroxylation is 1. The zero-order chi connectivity index (χ0) is 18.6. The highest BCUT2D eigenvalue weighted by Crippen LogP contribution is 2.23. The summed E-state index contributed by atoms with van der Waals surface area (Å²) in [5.41, 5.74) is 1.59. The number of hydrogen-bond acceptors (Lipinski definition) is 6. The third-order valence-corrected chi connectivity index (χ3v) is 5.54. The van der Waals surface area contributed by atoms with Crippen LogP contribution >= 0.6 is 11.3 Å². The van der Waals surface area contributed by atoms with E-state index in [1.165, 1.54) is 16.9 Å². The van der Waals surface area contributed by atoms with Crippen LogP contribution in [0.25, 0.3) is 0 Å². The summed E-state index contributed by atoms with van der Waals surface area (Å²) in [6.45, 7) is 1.96. The number of rotatable bonds is 5. The molecule has 27 heavy (non-hydrogen) atoms. The monoisotopic (exact) mass is 382 g/mol. The van der Waals surface area contributed by atoms with E-state index >= 15 is 0 Å². The number of piperidine rings is 1. The second kappa shape index (κ2) is 7.98. The van der Waals surface area contributed by atoms with E-state index in [-0.39, 0.29) is 5.91 Å². The highest BCUT2D eigenvalue weighted by molar-refractivity contribution is 7.09. The van der Waals surface area contributed by atoms with E-state index in [1.807, 2.05) is 18.2 Å². The molecule has 0 radical (unpaired) electrons. The van der Waals surface area contributed by atoms with Gasteiger partial charge in [-0.05, 0) is 31.5 Å². The molecule has 3 heterocycles. The van der Waals surface area contributed by atoms with Crippen LogP contribution in [-0.2, 0) is 13.5 Å². The maximum atomic E-state index is 12.6. The number of carbonyl (C=O) groups excluding carboxylic acids is 1. The molecule has 2 aromatic heterocycles. The topological polar surface area (TPSA) is 84.7 Å². The predicted molar refractivity (Wildman–Crippen MR) is 105 cm³/mol. The van der Waals surface area contributed by atoms with E-state index in [1.54, 1.807) is 17.1 Å². The van der Waals surface area contributed by atoms with Crippen LogP contribution in [-0.4, -0.2) is 38.7 Å². The zero-order valence-corrected chi connectivity index (χ0v) is 16.0. The largest absolute Gasteiger partial charge is 0.317 e. The fraction of sp³-hybridized carbons (Fsp3) is 0.368. The molecule has 1 fully saturated rings. The molecule has 0 aliphatic carbocycles. The van der Waals surface area contributed by atoms with Crippen LogP contribution in [0.3, 0.4) is 0 Å². The number of nitrogens with one attached hydrogen (secondary N) is 2. The van der Waals surface area contributed by atoms with Crippen LogP contribution in [0.5, 0.6) is 0 Å². The summed E-state index contributed by atoms with van der Waals surface area (Å²) in [7, 11) is 1.80. The van der Waals surface area contributed by atoms with Crippen LogP contribution in [0.4, 0.5) is 5.95 Å². The maximum Gasteiger partial charge on any atom is 0.277 e. The molecule has 1 aromatic carbocycles. The van der Waals surface area contributed by atoms with Crippen molar-refractivity contribution in [2.24, 2.45) is 7.05 Å². The molecule has 2 N–H and O–H groups in total. The molecule has 7 nitrogen and oxygen atoms in total. The number of benzene rings is 1. The molecule has 1 saturated heterocycles. The van der Waals surface area contributed by atoms with Gasteiger partial charge in [0.05, 0.1) is 5.01 Å². The van der Waals surface area contributed by atoms with E-state index in [9.17, 15) is 4.79 Å². The lowest BCUT2D eigenvalue weighted by Gasteiger charge is -2.19. The van der Waals surface area contributed by atoms with Gasteiger partial charge in [0.15, 0.2) is 5.82 Å². The summed E-state index contributed by atoms with van der Waals surface area (Å²) in [4.78, 5) is 21.6. The van der Waals surface area contributed by atoms with Crippen molar-refractivity contribution in [2.45, 2.75) is 25.2 Å². The highest BCUT2D eigenvalue weighted by atomic mass is 32.1. The van der Waals surface area contributed by atoms with Crippen molar-refractivity contribution in [3.05, 3.63) is 57.8 Å². The quantitative estimate of drug-likeness (QED) is 0.708. The van der Waals surface area contributed by atoms with E-state index in [0.717, 1.165) is 43.2 Å². The number of aromatic nitrogens is 4.